The van der Waals surface area contributed by atoms with E-state index in [9.17, 15) is 4.79 Å². The third kappa shape index (κ3) is 4.24. The van der Waals surface area contributed by atoms with E-state index in [0.29, 0.717) is 12.4 Å². The number of hydrogen-bond donors (Lipinski definition) is 1. The van der Waals surface area contributed by atoms with E-state index in [1.165, 1.54) is 17.3 Å². The fourth-order valence-electron chi connectivity index (χ4n) is 2.38. The second kappa shape index (κ2) is 7.77. The molecule has 1 amide bonds. The van der Waals surface area contributed by atoms with E-state index in [1.807, 2.05) is 38.1 Å². The van der Waals surface area contributed by atoms with Crippen LogP contribution in [0.2, 0.25) is 0 Å². The average molecular weight is 351 g/mol. The molecule has 0 aliphatic rings. The van der Waals surface area contributed by atoms with Gasteiger partial charge in [0.2, 0.25) is 11.8 Å². The number of benzene rings is 1. The van der Waals surface area contributed by atoms with Crippen molar-refractivity contribution in [3.8, 4) is 11.6 Å². The largest absolute Gasteiger partial charge is 0.439 e. The summed E-state index contributed by atoms with van der Waals surface area (Å²) in [6.07, 6.45) is 4.62. The monoisotopic (exact) mass is 351 g/mol. The molecule has 1 N–H and O–H groups in total. The fraction of sp³-hybridized carbons (Fsp3) is 0.263. The van der Waals surface area contributed by atoms with Crippen LogP contribution in [0.5, 0.6) is 11.6 Å². The molecule has 2 heterocycles. The SMILES string of the molecule is Cc1ccc(C)c(Oc2ccc(CNC(=O)[C@H](C)n3cncn3)cn2)c1. The molecule has 0 saturated carbocycles. The molecule has 0 radical (unpaired) electrons. The summed E-state index contributed by atoms with van der Waals surface area (Å²) in [6, 6.07) is 9.30. The van der Waals surface area contributed by atoms with Crippen LogP contribution in [0.15, 0.2) is 49.2 Å². The van der Waals surface area contributed by atoms with Crippen molar-refractivity contribution in [2.24, 2.45) is 0 Å². The summed E-state index contributed by atoms with van der Waals surface area (Å²) in [5.41, 5.74) is 3.07. The molecule has 0 fully saturated rings. The highest BCUT2D eigenvalue weighted by Crippen LogP contribution is 2.24. The first-order valence-electron chi connectivity index (χ1n) is 8.35. The van der Waals surface area contributed by atoms with Gasteiger partial charge in [0.25, 0.3) is 0 Å². The van der Waals surface area contributed by atoms with Gasteiger partial charge in [-0.25, -0.2) is 14.6 Å². The Kier molecular flexibility index (Phi) is 5.26. The zero-order chi connectivity index (χ0) is 18.5. The minimum Gasteiger partial charge on any atom is -0.439 e. The quantitative estimate of drug-likeness (QED) is 0.738. The van der Waals surface area contributed by atoms with E-state index in [2.05, 4.69) is 20.4 Å². The van der Waals surface area contributed by atoms with Gasteiger partial charge in [0.05, 0.1) is 0 Å². The predicted octanol–water partition coefficient (Wildman–Crippen LogP) is 2.96. The summed E-state index contributed by atoms with van der Waals surface area (Å²) in [4.78, 5) is 20.3. The Bertz CT molecular complexity index is 875. The zero-order valence-electron chi connectivity index (χ0n) is 15.0. The number of pyridine rings is 1. The highest BCUT2D eigenvalue weighted by Gasteiger charge is 2.14. The van der Waals surface area contributed by atoms with Crippen LogP contribution in [0.3, 0.4) is 0 Å². The Balaban J connectivity index is 1.57. The fourth-order valence-corrected chi connectivity index (χ4v) is 2.38. The van der Waals surface area contributed by atoms with Gasteiger partial charge in [-0.15, -0.1) is 0 Å². The lowest BCUT2D eigenvalue weighted by Gasteiger charge is -2.12. The summed E-state index contributed by atoms with van der Waals surface area (Å²) in [5.74, 6) is 1.18. The highest BCUT2D eigenvalue weighted by molar-refractivity contribution is 5.79. The molecule has 1 aromatic carbocycles. The third-order valence-corrected chi connectivity index (χ3v) is 4.04. The van der Waals surface area contributed by atoms with Crippen LogP contribution >= 0.6 is 0 Å². The topological polar surface area (TPSA) is 81.9 Å². The lowest BCUT2D eigenvalue weighted by molar-refractivity contribution is -0.124. The van der Waals surface area contributed by atoms with Crippen molar-refractivity contribution in [3.63, 3.8) is 0 Å². The molecule has 26 heavy (non-hydrogen) atoms. The Hall–Kier alpha value is -3.22. The van der Waals surface area contributed by atoms with Crippen molar-refractivity contribution in [1.29, 1.82) is 0 Å². The Morgan fingerprint density at radius 2 is 2.12 bits per heavy atom. The Morgan fingerprint density at radius 1 is 1.27 bits per heavy atom. The van der Waals surface area contributed by atoms with E-state index in [1.54, 1.807) is 19.2 Å². The van der Waals surface area contributed by atoms with Crippen LogP contribution in [0.4, 0.5) is 0 Å². The standard InChI is InChI=1S/C19H21N5O2/c1-13-4-5-14(2)17(8-13)26-18-7-6-16(9-21-18)10-22-19(25)15(3)24-12-20-11-23-24/h4-9,11-12,15H,10H2,1-3H3,(H,22,25)/t15-/m0/s1. The Labute approximate surface area is 152 Å². The first kappa shape index (κ1) is 17.6. The number of hydrogen-bond acceptors (Lipinski definition) is 5. The second-order valence-electron chi connectivity index (χ2n) is 6.14. The van der Waals surface area contributed by atoms with Gasteiger partial charge in [0.15, 0.2) is 0 Å². The lowest BCUT2D eigenvalue weighted by Crippen LogP contribution is -2.30. The van der Waals surface area contributed by atoms with Crippen LogP contribution in [0.1, 0.15) is 29.7 Å². The molecule has 0 saturated heterocycles. The lowest BCUT2D eigenvalue weighted by atomic mass is 10.1. The third-order valence-electron chi connectivity index (χ3n) is 4.04. The van der Waals surface area contributed by atoms with E-state index < -0.39 is 6.04 Å². The van der Waals surface area contributed by atoms with Crippen molar-refractivity contribution in [2.45, 2.75) is 33.4 Å². The number of nitrogens with zero attached hydrogens (tertiary/aromatic N) is 4. The molecule has 0 aliphatic heterocycles. The minimum atomic E-state index is -0.419. The average Bonchev–Trinajstić information content (AvgIpc) is 3.18. The van der Waals surface area contributed by atoms with Crippen LogP contribution < -0.4 is 10.1 Å². The molecule has 1 atom stereocenters. The number of ether oxygens (including phenoxy) is 1. The predicted molar refractivity (Wildman–Crippen MR) is 96.8 cm³/mol. The van der Waals surface area contributed by atoms with E-state index in [0.717, 1.165) is 22.4 Å². The number of aromatic nitrogens is 4. The molecular formula is C19H21N5O2. The van der Waals surface area contributed by atoms with Crippen molar-refractivity contribution in [1.82, 2.24) is 25.1 Å². The number of aryl methyl sites for hydroxylation is 2. The Morgan fingerprint density at radius 3 is 2.81 bits per heavy atom. The first-order valence-corrected chi connectivity index (χ1v) is 8.35. The van der Waals surface area contributed by atoms with Crippen molar-refractivity contribution in [2.75, 3.05) is 0 Å². The molecule has 0 spiro atoms. The summed E-state index contributed by atoms with van der Waals surface area (Å²) < 4.78 is 7.35. The molecule has 0 bridgehead atoms. The number of carbonyl (C=O) groups excluding carboxylic acids is 1. The maximum Gasteiger partial charge on any atom is 0.244 e. The van der Waals surface area contributed by atoms with Gasteiger partial charge in [-0.3, -0.25) is 4.79 Å². The number of rotatable bonds is 6. The van der Waals surface area contributed by atoms with Gasteiger partial charge in [0, 0.05) is 18.8 Å². The van der Waals surface area contributed by atoms with Gasteiger partial charge in [-0.1, -0.05) is 18.2 Å². The number of amides is 1. The summed E-state index contributed by atoms with van der Waals surface area (Å²) in [5, 5.41) is 6.84. The molecule has 3 aromatic rings. The molecule has 0 unspecified atom stereocenters. The minimum absolute atomic E-state index is 0.133. The second-order valence-corrected chi connectivity index (χ2v) is 6.14. The van der Waals surface area contributed by atoms with Gasteiger partial charge in [0.1, 0.15) is 24.4 Å². The number of nitrogens with one attached hydrogen (secondary N) is 1. The van der Waals surface area contributed by atoms with E-state index in [-0.39, 0.29) is 5.91 Å². The maximum absolute atomic E-state index is 12.1. The smallest absolute Gasteiger partial charge is 0.244 e. The molecule has 134 valence electrons. The summed E-state index contributed by atoms with van der Waals surface area (Å²) >= 11 is 0. The maximum atomic E-state index is 12.1. The molecule has 3 rings (SSSR count). The molecule has 7 nitrogen and oxygen atoms in total. The van der Waals surface area contributed by atoms with Crippen LogP contribution in [0, 0.1) is 13.8 Å². The van der Waals surface area contributed by atoms with Crippen LogP contribution in [-0.2, 0) is 11.3 Å². The van der Waals surface area contributed by atoms with Gasteiger partial charge in [-0.2, -0.15) is 5.10 Å². The molecule has 7 heteroatoms. The zero-order valence-corrected chi connectivity index (χ0v) is 15.0. The van der Waals surface area contributed by atoms with Crippen LogP contribution in [0.25, 0.3) is 0 Å². The van der Waals surface area contributed by atoms with Crippen molar-refractivity contribution < 1.29 is 9.53 Å². The molecule has 2 aromatic heterocycles. The molecular weight excluding hydrogens is 330 g/mol. The molecule has 0 aliphatic carbocycles. The van der Waals surface area contributed by atoms with Gasteiger partial charge in [-0.05, 0) is 43.5 Å². The first-order chi connectivity index (χ1) is 12.5. The van der Waals surface area contributed by atoms with E-state index >= 15 is 0 Å². The number of carbonyl (C=O) groups is 1. The van der Waals surface area contributed by atoms with Gasteiger partial charge >= 0.3 is 0 Å². The highest BCUT2D eigenvalue weighted by atomic mass is 16.5. The summed E-state index contributed by atoms with van der Waals surface area (Å²) in [6.45, 7) is 6.17. The van der Waals surface area contributed by atoms with Crippen molar-refractivity contribution in [3.05, 3.63) is 65.9 Å². The normalized spacial score (nSPS) is 11.8. The van der Waals surface area contributed by atoms with Crippen LogP contribution in [-0.4, -0.2) is 25.7 Å². The summed E-state index contributed by atoms with van der Waals surface area (Å²) in [7, 11) is 0. The van der Waals surface area contributed by atoms with Gasteiger partial charge < -0.3 is 10.1 Å². The van der Waals surface area contributed by atoms with E-state index in [4.69, 9.17) is 4.74 Å². The van der Waals surface area contributed by atoms with Crippen molar-refractivity contribution >= 4 is 5.91 Å².